The van der Waals surface area contributed by atoms with Crippen molar-refractivity contribution < 1.29 is 9.66 Å². The van der Waals surface area contributed by atoms with Gasteiger partial charge in [-0.25, -0.2) is 0 Å². The number of nitrogens with two attached hydrogens (primary N) is 1. The van der Waals surface area contributed by atoms with Crippen LogP contribution < -0.4 is 10.5 Å². The highest BCUT2D eigenvalue weighted by atomic mass is 16.6. The molecule has 5 heteroatoms. The lowest BCUT2D eigenvalue weighted by Crippen LogP contribution is -2.05. The van der Waals surface area contributed by atoms with Crippen molar-refractivity contribution in [3.63, 3.8) is 0 Å². The van der Waals surface area contributed by atoms with E-state index in [0.29, 0.717) is 5.75 Å². The maximum Gasteiger partial charge on any atom is 0.269 e. The lowest BCUT2D eigenvalue weighted by Gasteiger charge is -2.10. The summed E-state index contributed by atoms with van der Waals surface area (Å²) in [5, 5.41) is 10.7. The fourth-order valence-corrected chi connectivity index (χ4v) is 1.81. The van der Waals surface area contributed by atoms with Crippen molar-refractivity contribution in [1.29, 1.82) is 0 Å². The first-order chi connectivity index (χ1) is 9.56. The zero-order chi connectivity index (χ0) is 14.5. The summed E-state index contributed by atoms with van der Waals surface area (Å²) in [5.41, 5.74) is 7.62. The third kappa shape index (κ3) is 3.55. The summed E-state index contributed by atoms with van der Waals surface area (Å²) < 4.78 is 5.64. The second kappa shape index (κ2) is 6.16. The van der Waals surface area contributed by atoms with E-state index >= 15 is 0 Å². The van der Waals surface area contributed by atoms with E-state index in [9.17, 15) is 10.1 Å². The van der Waals surface area contributed by atoms with Gasteiger partial charge in [0.2, 0.25) is 0 Å². The van der Waals surface area contributed by atoms with E-state index < -0.39 is 4.92 Å². The van der Waals surface area contributed by atoms with Crippen LogP contribution in [0.4, 0.5) is 5.69 Å². The van der Waals surface area contributed by atoms with E-state index in [1.165, 1.54) is 12.1 Å². The van der Waals surface area contributed by atoms with Crippen molar-refractivity contribution in [2.75, 3.05) is 0 Å². The maximum atomic E-state index is 10.7. The lowest BCUT2D eigenvalue weighted by atomic mass is 10.1. The molecule has 0 aromatic heterocycles. The van der Waals surface area contributed by atoms with E-state index in [1.807, 2.05) is 31.2 Å². The Kier molecular flexibility index (Phi) is 4.32. The third-order valence-corrected chi connectivity index (χ3v) is 2.91. The van der Waals surface area contributed by atoms with Crippen molar-refractivity contribution >= 4 is 5.69 Å². The van der Waals surface area contributed by atoms with E-state index in [2.05, 4.69) is 0 Å². The summed E-state index contributed by atoms with van der Waals surface area (Å²) in [6.07, 6.45) is 0. The molecule has 0 aliphatic carbocycles. The van der Waals surface area contributed by atoms with E-state index in [0.717, 1.165) is 11.1 Å². The van der Waals surface area contributed by atoms with Crippen LogP contribution in [0.2, 0.25) is 0 Å². The summed E-state index contributed by atoms with van der Waals surface area (Å²) >= 11 is 0. The smallest absolute Gasteiger partial charge is 0.269 e. The van der Waals surface area contributed by atoms with Gasteiger partial charge in [0.1, 0.15) is 12.4 Å². The van der Waals surface area contributed by atoms with Crippen molar-refractivity contribution in [2.24, 2.45) is 5.73 Å². The Morgan fingerprint density at radius 2 is 2.00 bits per heavy atom. The number of ether oxygens (including phenoxy) is 1. The average Bonchev–Trinajstić information content (AvgIpc) is 2.45. The Labute approximate surface area is 117 Å². The van der Waals surface area contributed by atoms with Gasteiger partial charge in [-0.1, -0.05) is 24.3 Å². The summed E-state index contributed by atoms with van der Waals surface area (Å²) in [7, 11) is 0. The average molecular weight is 272 g/mol. The number of non-ortho nitro benzene ring substituents is 1. The molecule has 1 atom stereocenters. The first kappa shape index (κ1) is 14.0. The molecule has 104 valence electrons. The van der Waals surface area contributed by atoms with Crippen LogP contribution in [-0.2, 0) is 6.61 Å². The number of hydrogen-bond donors (Lipinski definition) is 1. The fourth-order valence-electron chi connectivity index (χ4n) is 1.81. The standard InChI is InChI=1S/C15H16N2O3/c1-11(16)13-5-3-7-15(9-13)20-10-12-4-2-6-14(8-12)17(18)19/h2-9,11H,10,16H2,1H3/t11-/m1/s1. The van der Waals surface area contributed by atoms with Crippen LogP contribution in [0.3, 0.4) is 0 Å². The number of nitro groups is 1. The minimum Gasteiger partial charge on any atom is -0.489 e. The fraction of sp³-hybridized carbons (Fsp3) is 0.200. The quantitative estimate of drug-likeness (QED) is 0.669. The molecule has 2 N–H and O–H groups in total. The number of benzene rings is 2. The van der Waals surface area contributed by atoms with Crippen LogP contribution in [0, 0.1) is 10.1 Å². The second-order valence-corrected chi connectivity index (χ2v) is 4.58. The molecule has 0 unspecified atom stereocenters. The second-order valence-electron chi connectivity index (χ2n) is 4.58. The van der Waals surface area contributed by atoms with Crippen LogP contribution in [0.5, 0.6) is 5.75 Å². The number of rotatable bonds is 5. The Bertz CT molecular complexity index is 612. The molecule has 0 fully saturated rings. The largest absolute Gasteiger partial charge is 0.489 e. The van der Waals surface area contributed by atoms with Gasteiger partial charge in [-0.05, 0) is 30.2 Å². The monoisotopic (exact) mass is 272 g/mol. The Hall–Kier alpha value is -2.40. The minimum atomic E-state index is -0.416. The highest BCUT2D eigenvalue weighted by Crippen LogP contribution is 2.20. The molecule has 2 aromatic carbocycles. The van der Waals surface area contributed by atoms with Gasteiger partial charge in [-0.15, -0.1) is 0 Å². The van der Waals surface area contributed by atoms with Crippen LogP contribution >= 0.6 is 0 Å². The van der Waals surface area contributed by atoms with Crippen LogP contribution in [0.15, 0.2) is 48.5 Å². The predicted octanol–water partition coefficient (Wildman–Crippen LogP) is 3.19. The molecule has 0 bridgehead atoms. The molecule has 0 heterocycles. The minimum absolute atomic E-state index is 0.0589. The number of nitrogens with zero attached hydrogens (tertiary/aromatic N) is 1. The van der Waals surface area contributed by atoms with Gasteiger partial charge >= 0.3 is 0 Å². The Balaban J connectivity index is 2.07. The molecule has 0 amide bonds. The van der Waals surface area contributed by atoms with Crippen LogP contribution in [0.1, 0.15) is 24.1 Å². The van der Waals surface area contributed by atoms with Gasteiger partial charge in [0.05, 0.1) is 4.92 Å². The molecule has 0 saturated heterocycles. The molecule has 2 rings (SSSR count). The molecule has 0 saturated carbocycles. The molecule has 20 heavy (non-hydrogen) atoms. The van der Waals surface area contributed by atoms with E-state index in [-0.39, 0.29) is 18.3 Å². The van der Waals surface area contributed by atoms with Crippen molar-refractivity contribution in [2.45, 2.75) is 19.6 Å². The Morgan fingerprint density at radius 1 is 1.25 bits per heavy atom. The van der Waals surface area contributed by atoms with E-state index in [1.54, 1.807) is 12.1 Å². The molecular formula is C15H16N2O3. The lowest BCUT2D eigenvalue weighted by molar-refractivity contribution is -0.384. The SMILES string of the molecule is C[C@@H](N)c1cccc(OCc2cccc([N+](=O)[O-])c2)c1. The highest BCUT2D eigenvalue weighted by Gasteiger charge is 2.06. The van der Waals surface area contributed by atoms with Gasteiger partial charge in [-0.3, -0.25) is 10.1 Å². The molecule has 5 nitrogen and oxygen atoms in total. The van der Waals surface area contributed by atoms with Crippen LogP contribution in [-0.4, -0.2) is 4.92 Å². The Morgan fingerprint density at radius 3 is 2.70 bits per heavy atom. The van der Waals surface area contributed by atoms with E-state index in [4.69, 9.17) is 10.5 Å². The zero-order valence-electron chi connectivity index (χ0n) is 11.2. The molecule has 0 spiro atoms. The third-order valence-electron chi connectivity index (χ3n) is 2.91. The number of nitro benzene ring substituents is 1. The molecule has 2 aromatic rings. The van der Waals surface area contributed by atoms with Crippen molar-refractivity contribution in [3.8, 4) is 5.75 Å². The van der Waals surface area contributed by atoms with Gasteiger partial charge in [-0.2, -0.15) is 0 Å². The number of hydrogen-bond acceptors (Lipinski definition) is 4. The van der Waals surface area contributed by atoms with Gasteiger partial charge < -0.3 is 10.5 Å². The predicted molar refractivity (Wildman–Crippen MR) is 76.5 cm³/mol. The summed E-state index contributed by atoms with van der Waals surface area (Å²) in [4.78, 5) is 10.3. The molecule has 0 aliphatic heterocycles. The molecular weight excluding hydrogens is 256 g/mol. The van der Waals surface area contributed by atoms with Crippen molar-refractivity contribution in [3.05, 3.63) is 69.8 Å². The summed E-state index contributed by atoms with van der Waals surface area (Å²) in [6, 6.07) is 13.9. The van der Waals surface area contributed by atoms with Gasteiger partial charge in [0, 0.05) is 18.2 Å². The maximum absolute atomic E-state index is 10.7. The highest BCUT2D eigenvalue weighted by molar-refractivity contribution is 5.35. The van der Waals surface area contributed by atoms with Crippen LogP contribution in [0.25, 0.3) is 0 Å². The van der Waals surface area contributed by atoms with Gasteiger partial charge in [0.15, 0.2) is 0 Å². The molecule has 0 radical (unpaired) electrons. The summed E-state index contributed by atoms with van der Waals surface area (Å²) in [6.45, 7) is 2.18. The summed E-state index contributed by atoms with van der Waals surface area (Å²) in [5.74, 6) is 0.700. The zero-order valence-corrected chi connectivity index (χ0v) is 11.2. The normalized spacial score (nSPS) is 11.9. The topological polar surface area (TPSA) is 78.4 Å². The first-order valence-corrected chi connectivity index (χ1v) is 6.28. The van der Waals surface area contributed by atoms with Gasteiger partial charge in [0.25, 0.3) is 5.69 Å². The molecule has 0 aliphatic rings. The first-order valence-electron chi connectivity index (χ1n) is 6.28. The van der Waals surface area contributed by atoms with Crippen molar-refractivity contribution in [1.82, 2.24) is 0 Å².